The Kier molecular flexibility index (Phi) is 8.19. The van der Waals surface area contributed by atoms with E-state index in [1.807, 2.05) is 0 Å². The molecular weight excluding hydrogens is 304 g/mol. The fourth-order valence-corrected chi connectivity index (χ4v) is 3.25. The van der Waals surface area contributed by atoms with Gasteiger partial charge in [0.15, 0.2) is 11.5 Å². The summed E-state index contributed by atoms with van der Waals surface area (Å²) in [6.07, 6.45) is 6.01. The number of methoxy groups -OCH3 is 3. The number of aryl methyl sites for hydroxylation is 1. The molecule has 0 bridgehead atoms. The molecule has 0 amide bonds. The highest BCUT2D eigenvalue weighted by molar-refractivity contribution is 5.53. The van der Waals surface area contributed by atoms with Gasteiger partial charge >= 0.3 is 0 Å². The zero-order chi connectivity index (χ0) is 17.2. The van der Waals surface area contributed by atoms with Crippen molar-refractivity contribution in [3.63, 3.8) is 0 Å². The molecule has 0 atom stereocenters. The monoisotopic (exact) mass is 336 g/mol. The molecule has 1 fully saturated rings. The van der Waals surface area contributed by atoms with E-state index in [1.165, 1.54) is 50.9 Å². The molecule has 0 aromatic heterocycles. The normalized spacial score (nSPS) is 15.8. The highest BCUT2D eigenvalue weighted by Gasteiger charge is 2.13. The summed E-state index contributed by atoms with van der Waals surface area (Å²) in [5.41, 5.74) is 1.24. The second-order valence-corrected chi connectivity index (χ2v) is 6.29. The van der Waals surface area contributed by atoms with Crippen molar-refractivity contribution in [2.24, 2.45) is 0 Å². The molecule has 1 heterocycles. The average Bonchev–Trinajstić information content (AvgIpc) is 2.89. The van der Waals surface area contributed by atoms with Crippen LogP contribution in [-0.2, 0) is 6.42 Å². The topological polar surface area (TPSA) is 43.0 Å². The molecule has 5 heteroatoms. The largest absolute Gasteiger partial charge is 0.493 e. The lowest BCUT2D eigenvalue weighted by Crippen LogP contribution is -2.29. The predicted octanol–water partition coefficient (Wildman–Crippen LogP) is 2.72. The zero-order valence-electron chi connectivity index (χ0n) is 15.4. The highest BCUT2D eigenvalue weighted by Crippen LogP contribution is 2.38. The predicted molar refractivity (Wildman–Crippen MR) is 97.6 cm³/mol. The molecule has 136 valence electrons. The molecule has 0 saturated carbocycles. The van der Waals surface area contributed by atoms with Gasteiger partial charge in [-0.3, -0.25) is 0 Å². The van der Waals surface area contributed by atoms with Gasteiger partial charge in [-0.15, -0.1) is 0 Å². The summed E-state index contributed by atoms with van der Waals surface area (Å²) >= 11 is 0. The van der Waals surface area contributed by atoms with E-state index in [0.717, 1.165) is 31.0 Å². The Labute approximate surface area is 146 Å². The van der Waals surface area contributed by atoms with Gasteiger partial charge in [0, 0.05) is 13.1 Å². The summed E-state index contributed by atoms with van der Waals surface area (Å²) < 4.78 is 16.2. The second kappa shape index (κ2) is 10.4. The van der Waals surface area contributed by atoms with E-state index in [2.05, 4.69) is 22.3 Å². The van der Waals surface area contributed by atoms with Gasteiger partial charge in [-0.2, -0.15) is 0 Å². The van der Waals surface area contributed by atoms with Crippen molar-refractivity contribution >= 4 is 0 Å². The molecule has 1 aromatic carbocycles. The number of nitrogens with zero attached hydrogens (tertiary/aromatic N) is 1. The molecule has 0 unspecified atom stereocenters. The Morgan fingerprint density at radius 2 is 1.67 bits per heavy atom. The third-order valence-electron chi connectivity index (χ3n) is 4.60. The molecule has 1 aliphatic rings. The van der Waals surface area contributed by atoms with Gasteiger partial charge in [-0.05, 0) is 63.0 Å². The Morgan fingerprint density at radius 3 is 2.33 bits per heavy atom. The third kappa shape index (κ3) is 5.56. The summed E-state index contributed by atoms with van der Waals surface area (Å²) in [4.78, 5) is 2.58. The van der Waals surface area contributed by atoms with E-state index >= 15 is 0 Å². The van der Waals surface area contributed by atoms with E-state index < -0.39 is 0 Å². The summed E-state index contributed by atoms with van der Waals surface area (Å²) in [5.74, 6) is 2.14. The molecule has 1 saturated heterocycles. The second-order valence-electron chi connectivity index (χ2n) is 6.29. The first-order valence-corrected chi connectivity index (χ1v) is 9.00. The van der Waals surface area contributed by atoms with Crippen LogP contribution in [0.25, 0.3) is 0 Å². The van der Waals surface area contributed by atoms with Crippen molar-refractivity contribution in [2.45, 2.75) is 32.1 Å². The van der Waals surface area contributed by atoms with Crippen LogP contribution in [0.3, 0.4) is 0 Å². The first kappa shape index (κ1) is 18.9. The lowest BCUT2D eigenvalue weighted by molar-refractivity contribution is 0.285. The van der Waals surface area contributed by atoms with Gasteiger partial charge in [0.1, 0.15) is 0 Å². The molecule has 2 rings (SSSR count). The van der Waals surface area contributed by atoms with Crippen molar-refractivity contribution in [3.8, 4) is 17.2 Å². The van der Waals surface area contributed by atoms with Gasteiger partial charge in [-0.1, -0.05) is 6.42 Å². The number of ether oxygens (including phenoxy) is 3. The fraction of sp³-hybridized carbons (Fsp3) is 0.684. The standard InChI is InChI=1S/C19H32N2O3/c1-22-17-14-16(15-18(23-2)19(17)24-3)8-5-4-6-11-21-12-7-9-20-10-13-21/h14-15,20H,4-13H2,1-3H3. The SMILES string of the molecule is COc1cc(CCCCCN2CCCNCC2)cc(OC)c1OC. The van der Waals surface area contributed by atoms with Crippen molar-refractivity contribution in [1.82, 2.24) is 10.2 Å². The number of hydrogen-bond acceptors (Lipinski definition) is 5. The fourth-order valence-electron chi connectivity index (χ4n) is 3.25. The molecular formula is C19H32N2O3. The van der Waals surface area contributed by atoms with Gasteiger partial charge in [0.05, 0.1) is 21.3 Å². The summed E-state index contributed by atoms with van der Waals surface area (Å²) in [6, 6.07) is 4.11. The lowest BCUT2D eigenvalue weighted by atomic mass is 10.1. The van der Waals surface area contributed by atoms with Crippen LogP contribution in [-0.4, -0.2) is 59.0 Å². The van der Waals surface area contributed by atoms with Crippen LogP contribution < -0.4 is 19.5 Å². The highest BCUT2D eigenvalue weighted by atomic mass is 16.5. The molecule has 1 aromatic rings. The van der Waals surface area contributed by atoms with E-state index in [0.29, 0.717) is 5.75 Å². The molecule has 0 spiro atoms. The third-order valence-corrected chi connectivity index (χ3v) is 4.60. The quantitative estimate of drug-likeness (QED) is 0.703. The Balaban J connectivity index is 1.77. The van der Waals surface area contributed by atoms with Crippen molar-refractivity contribution in [2.75, 3.05) is 54.1 Å². The van der Waals surface area contributed by atoms with Crippen LogP contribution in [0.4, 0.5) is 0 Å². The van der Waals surface area contributed by atoms with Crippen molar-refractivity contribution < 1.29 is 14.2 Å². The lowest BCUT2D eigenvalue weighted by Gasteiger charge is -2.19. The number of hydrogen-bond donors (Lipinski definition) is 1. The molecule has 0 radical (unpaired) electrons. The molecule has 1 N–H and O–H groups in total. The summed E-state index contributed by atoms with van der Waals surface area (Å²) in [7, 11) is 4.96. The minimum absolute atomic E-state index is 0.665. The number of benzene rings is 1. The summed E-state index contributed by atoms with van der Waals surface area (Å²) in [5, 5.41) is 3.46. The van der Waals surface area contributed by atoms with Crippen molar-refractivity contribution in [3.05, 3.63) is 17.7 Å². The van der Waals surface area contributed by atoms with Gasteiger partial charge in [0.25, 0.3) is 0 Å². The van der Waals surface area contributed by atoms with E-state index in [-0.39, 0.29) is 0 Å². The molecule has 24 heavy (non-hydrogen) atoms. The molecule has 0 aliphatic carbocycles. The van der Waals surface area contributed by atoms with Crippen LogP contribution in [0.2, 0.25) is 0 Å². The van der Waals surface area contributed by atoms with E-state index in [9.17, 15) is 0 Å². The molecule has 1 aliphatic heterocycles. The number of rotatable bonds is 9. The van der Waals surface area contributed by atoms with E-state index in [1.54, 1.807) is 21.3 Å². The first-order valence-electron chi connectivity index (χ1n) is 9.00. The maximum absolute atomic E-state index is 5.42. The van der Waals surface area contributed by atoms with Crippen LogP contribution in [0.1, 0.15) is 31.2 Å². The maximum Gasteiger partial charge on any atom is 0.203 e. The maximum atomic E-state index is 5.42. The van der Waals surface area contributed by atoms with Gasteiger partial charge in [0.2, 0.25) is 5.75 Å². The van der Waals surface area contributed by atoms with Crippen LogP contribution in [0, 0.1) is 0 Å². The smallest absolute Gasteiger partial charge is 0.203 e. The summed E-state index contributed by atoms with van der Waals surface area (Å²) in [6.45, 7) is 5.94. The van der Waals surface area contributed by atoms with Crippen LogP contribution in [0.15, 0.2) is 12.1 Å². The number of unbranched alkanes of at least 4 members (excludes halogenated alkanes) is 2. The average molecular weight is 336 g/mol. The van der Waals surface area contributed by atoms with Gasteiger partial charge in [-0.25, -0.2) is 0 Å². The van der Waals surface area contributed by atoms with Crippen molar-refractivity contribution in [1.29, 1.82) is 0 Å². The Bertz CT molecular complexity index is 460. The minimum Gasteiger partial charge on any atom is -0.493 e. The Hall–Kier alpha value is -1.46. The van der Waals surface area contributed by atoms with Crippen LogP contribution in [0.5, 0.6) is 17.2 Å². The zero-order valence-corrected chi connectivity index (χ0v) is 15.4. The minimum atomic E-state index is 0.665. The van der Waals surface area contributed by atoms with Gasteiger partial charge < -0.3 is 24.4 Å². The number of nitrogens with one attached hydrogen (secondary N) is 1. The molecule has 5 nitrogen and oxygen atoms in total. The van der Waals surface area contributed by atoms with E-state index in [4.69, 9.17) is 14.2 Å². The Morgan fingerprint density at radius 1 is 0.917 bits per heavy atom. The van der Waals surface area contributed by atoms with Crippen LogP contribution >= 0.6 is 0 Å². The first-order chi connectivity index (χ1) is 11.8.